The second-order valence-corrected chi connectivity index (χ2v) is 9.40. The lowest BCUT2D eigenvalue weighted by Crippen LogP contribution is -2.49. The Morgan fingerprint density at radius 3 is 2.56 bits per heavy atom. The van der Waals surface area contributed by atoms with Gasteiger partial charge in [-0.1, -0.05) is 23.5 Å². The van der Waals surface area contributed by atoms with Crippen molar-refractivity contribution in [2.75, 3.05) is 19.0 Å². The number of carbonyl (C=O) groups excluding carboxylic acids is 4. The number of fused-ring (bicyclic) bond motifs is 1. The maximum absolute atomic E-state index is 13.0. The van der Waals surface area contributed by atoms with Crippen LogP contribution in [-0.2, 0) is 20.7 Å². The van der Waals surface area contributed by atoms with Gasteiger partial charge in [-0.3, -0.25) is 19.5 Å². The monoisotopic (exact) mass is 552 g/mol. The smallest absolute Gasteiger partial charge is 0.330 e. The van der Waals surface area contributed by atoms with E-state index in [2.05, 4.69) is 31.1 Å². The van der Waals surface area contributed by atoms with Gasteiger partial charge in [0, 0.05) is 23.6 Å². The van der Waals surface area contributed by atoms with E-state index in [1.807, 2.05) is 18.2 Å². The van der Waals surface area contributed by atoms with Gasteiger partial charge < -0.3 is 30.9 Å². The molecule has 0 bridgehead atoms. The number of amides is 3. The predicted octanol–water partition coefficient (Wildman–Crippen LogP) is 1.62. The molecule has 0 fully saturated rings. The lowest BCUT2D eigenvalue weighted by atomic mass is 10.1. The van der Waals surface area contributed by atoms with Gasteiger partial charge in [-0.05, 0) is 30.7 Å². The number of nitrogens with one attached hydrogen (secondary N) is 4. The highest BCUT2D eigenvalue weighted by molar-refractivity contribution is 7.17. The average molecular weight is 553 g/mol. The first-order chi connectivity index (χ1) is 18.6. The Bertz CT molecular complexity index is 1540. The Kier molecular flexibility index (Phi) is 8.05. The first-order valence-electron chi connectivity index (χ1n) is 11.5. The molecule has 3 amide bonds. The maximum atomic E-state index is 13.0. The largest absolute Gasteiger partial charge is 0.508 e. The predicted molar refractivity (Wildman–Crippen MR) is 141 cm³/mol. The molecule has 2 aromatic heterocycles. The van der Waals surface area contributed by atoms with Crippen LogP contribution in [0.5, 0.6) is 11.5 Å². The van der Waals surface area contributed by atoms with Crippen LogP contribution in [0.1, 0.15) is 31.3 Å². The number of hydrogen-bond acceptors (Lipinski definition) is 10. The molecule has 0 aliphatic heterocycles. The van der Waals surface area contributed by atoms with Gasteiger partial charge in [0.1, 0.15) is 22.4 Å². The van der Waals surface area contributed by atoms with Crippen LogP contribution < -0.4 is 16.0 Å². The number of hydrogen-bond donors (Lipinski definition) is 6. The van der Waals surface area contributed by atoms with E-state index in [0.717, 1.165) is 53.1 Å². The van der Waals surface area contributed by atoms with Crippen LogP contribution in [0.15, 0.2) is 42.6 Å². The SMILES string of the molecule is COC(=O)[C@H](CNC(=O)c1cc(O)cc(O)c1)NC(=O)c1sc(NC(=O)Cc2cccc3[nH]ncc23)nc1C. The zero-order valence-corrected chi connectivity index (χ0v) is 21.6. The molecule has 2 aromatic carbocycles. The number of aromatic hydroxyl groups is 2. The second kappa shape index (κ2) is 11.6. The number of esters is 1. The molecular weight excluding hydrogens is 528 g/mol. The third-order valence-electron chi connectivity index (χ3n) is 5.60. The van der Waals surface area contributed by atoms with Gasteiger partial charge in [0.2, 0.25) is 5.91 Å². The molecule has 0 saturated carbocycles. The molecule has 4 aromatic rings. The van der Waals surface area contributed by atoms with Crippen LogP contribution in [0, 0.1) is 6.92 Å². The fraction of sp³-hybridized carbons (Fsp3) is 0.200. The normalized spacial score (nSPS) is 11.5. The van der Waals surface area contributed by atoms with Crippen LogP contribution in [0.3, 0.4) is 0 Å². The van der Waals surface area contributed by atoms with Crippen LogP contribution in [0.25, 0.3) is 10.9 Å². The Labute approximate surface area is 225 Å². The van der Waals surface area contributed by atoms with Crippen LogP contribution in [0.2, 0.25) is 0 Å². The van der Waals surface area contributed by atoms with Crippen molar-refractivity contribution in [3.63, 3.8) is 0 Å². The second-order valence-electron chi connectivity index (χ2n) is 8.40. The van der Waals surface area contributed by atoms with E-state index in [4.69, 9.17) is 4.74 Å². The van der Waals surface area contributed by atoms with E-state index < -0.39 is 23.8 Å². The highest BCUT2D eigenvalue weighted by atomic mass is 32.1. The number of ether oxygens (including phenoxy) is 1. The number of aromatic amines is 1. The van der Waals surface area contributed by atoms with E-state index in [1.165, 1.54) is 0 Å². The molecule has 0 saturated heterocycles. The van der Waals surface area contributed by atoms with Crippen molar-refractivity contribution in [2.24, 2.45) is 0 Å². The molecular formula is C25H24N6O7S. The fourth-order valence-electron chi connectivity index (χ4n) is 3.76. The minimum absolute atomic E-state index is 0.0508. The number of benzene rings is 2. The van der Waals surface area contributed by atoms with Gasteiger partial charge >= 0.3 is 5.97 Å². The van der Waals surface area contributed by atoms with E-state index >= 15 is 0 Å². The maximum Gasteiger partial charge on any atom is 0.330 e. The molecule has 2 heterocycles. The van der Waals surface area contributed by atoms with Crippen LogP contribution in [0.4, 0.5) is 5.13 Å². The average Bonchev–Trinajstić information content (AvgIpc) is 3.52. The molecule has 14 heteroatoms. The Balaban J connectivity index is 1.40. The highest BCUT2D eigenvalue weighted by Crippen LogP contribution is 2.24. The zero-order valence-electron chi connectivity index (χ0n) is 20.8. The summed E-state index contributed by atoms with van der Waals surface area (Å²) >= 11 is 0.929. The third kappa shape index (κ3) is 6.48. The summed E-state index contributed by atoms with van der Waals surface area (Å²) in [5.41, 5.74) is 1.85. The molecule has 0 aliphatic rings. The molecule has 0 unspecified atom stereocenters. The summed E-state index contributed by atoms with van der Waals surface area (Å²) in [5, 5.41) is 34.7. The molecule has 0 radical (unpaired) electrons. The number of phenolic OH excluding ortho intramolecular Hbond substituents is 2. The van der Waals surface area contributed by atoms with Gasteiger partial charge in [0.05, 0.1) is 30.9 Å². The first kappa shape index (κ1) is 27.1. The van der Waals surface area contributed by atoms with Gasteiger partial charge in [0.15, 0.2) is 5.13 Å². The minimum atomic E-state index is -1.26. The lowest BCUT2D eigenvalue weighted by molar-refractivity contribution is -0.142. The van der Waals surface area contributed by atoms with Crippen molar-refractivity contribution in [1.82, 2.24) is 25.8 Å². The highest BCUT2D eigenvalue weighted by Gasteiger charge is 2.26. The van der Waals surface area contributed by atoms with Gasteiger partial charge in [-0.15, -0.1) is 0 Å². The molecule has 0 aliphatic carbocycles. The number of anilines is 1. The molecule has 4 rings (SSSR count). The third-order valence-corrected chi connectivity index (χ3v) is 6.67. The van der Waals surface area contributed by atoms with Gasteiger partial charge in [-0.25, -0.2) is 9.78 Å². The molecule has 202 valence electrons. The van der Waals surface area contributed by atoms with Gasteiger partial charge in [0.25, 0.3) is 11.8 Å². The number of thiazole rings is 1. The van der Waals surface area contributed by atoms with Crippen molar-refractivity contribution in [3.05, 3.63) is 64.3 Å². The van der Waals surface area contributed by atoms with E-state index in [9.17, 15) is 29.4 Å². The fourth-order valence-corrected chi connectivity index (χ4v) is 4.65. The molecule has 0 spiro atoms. The minimum Gasteiger partial charge on any atom is -0.508 e. The number of aryl methyl sites for hydroxylation is 1. The summed E-state index contributed by atoms with van der Waals surface area (Å²) in [6.07, 6.45) is 1.71. The summed E-state index contributed by atoms with van der Waals surface area (Å²) in [6, 6.07) is 7.54. The summed E-state index contributed by atoms with van der Waals surface area (Å²) in [6.45, 7) is 1.24. The molecule has 1 atom stereocenters. The van der Waals surface area contributed by atoms with Crippen molar-refractivity contribution >= 4 is 51.1 Å². The first-order valence-corrected chi connectivity index (χ1v) is 12.3. The standard InChI is InChI=1S/C25H24N6O7S/c1-12-21(39-25(28-12)30-20(34)8-13-4-3-5-18-17(13)10-27-31-18)23(36)29-19(24(37)38-2)11-26-22(35)14-6-15(32)9-16(33)7-14/h3-7,9-10,19,32-33H,8,11H2,1-2H3,(H,26,35)(H,27,31)(H,29,36)(H,28,30,34)/t19-/m0/s1. The lowest BCUT2D eigenvalue weighted by Gasteiger charge is -2.17. The number of carbonyl (C=O) groups is 4. The summed E-state index contributed by atoms with van der Waals surface area (Å²) in [5.74, 6) is -3.15. The van der Waals surface area contributed by atoms with Crippen LogP contribution >= 0.6 is 11.3 Å². The zero-order chi connectivity index (χ0) is 28.1. The van der Waals surface area contributed by atoms with Crippen molar-refractivity contribution in [1.29, 1.82) is 0 Å². The van der Waals surface area contributed by atoms with E-state index in [0.29, 0.717) is 5.69 Å². The molecule has 13 nitrogen and oxygen atoms in total. The van der Waals surface area contributed by atoms with Gasteiger partial charge in [-0.2, -0.15) is 5.10 Å². The quantitative estimate of drug-likeness (QED) is 0.167. The summed E-state index contributed by atoms with van der Waals surface area (Å²) in [7, 11) is 1.13. The number of methoxy groups -OCH3 is 1. The number of phenols is 2. The topological polar surface area (TPSA) is 196 Å². The Hall–Kier alpha value is -4.98. The van der Waals surface area contributed by atoms with E-state index in [1.54, 1.807) is 13.1 Å². The van der Waals surface area contributed by atoms with E-state index in [-0.39, 0.29) is 45.9 Å². The van der Waals surface area contributed by atoms with Crippen molar-refractivity contribution in [3.8, 4) is 11.5 Å². The molecule has 6 N–H and O–H groups in total. The summed E-state index contributed by atoms with van der Waals surface area (Å²) < 4.78 is 4.73. The Morgan fingerprint density at radius 2 is 1.85 bits per heavy atom. The number of H-pyrrole nitrogens is 1. The van der Waals surface area contributed by atoms with Crippen LogP contribution in [-0.4, -0.2) is 68.8 Å². The van der Waals surface area contributed by atoms with Crippen molar-refractivity contribution in [2.45, 2.75) is 19.4 Å². The number of aromatic nitrogens is 3. The molecule has 39 heavy (non-hydrogen) atoms. The summed E-state index contributed by atoms with van der Waals surface area (Å²) in [4.78, 5) is 54.7. The Morgan fingerprint density at radius 1 is 1.10 bits per heavy atom. The number of rotatable bonds is 9. The van der Waals surface area contributed by atoms with Crippen molar-refractivity contribution < 1.29 is 34.1 Å². The number of nitrogens with zero attached hydrogens (tertiary/aromatic N) is 2.